The molecule has 1 heterocycles. The fourth-order valence-electron chi connectivity index (χ4n) is 3.51. The van der Waals surface area contributed by atoms with Crippen LogP contribution in [0.2, 0.25) is 0 Å². The predicted molar refractivity (Wildman–Crippen MR) is 92.6 cm³/mol. The van der Waals surface area contributed by atoms with Crippen LogP contribution in [-0.4, -0.2) is 11.3 Å². The lowest BCUT2D eigenvalue weighted by Gasteiger charge is -2.21. The number of hydrogen-bond acceptors (Lipinski definition) is 2. The first kappa shape index (κ1) is 13.9. The van der Waals surface area contributed by atoms with Gasteiger partial charge in [0, 0.05) is 22.7 Å². The second-order valence-corrected chi connectivity index (χ2v) is 6.53. The number of rotatable bonds is 2. The van der Waals surface area contributed by atoms with Crippen molar-refractivity contribution in [3.05, 3.63) is 77.5 Å². The molecule has 1 aromatic heterocycles. The molecule has 0 radical (unpaired) electrons. The average Bonchev–Trinajstić information content (AvgIpc) is 2.83. The lowest BCUT2D eigenvalue weighted by Crippen LogP contribution is -2.14. The largest absolute Gasteiger partial charge is 0.298 e. The number of benzene rings is 2. The smallest absolute Gasteiger partial charge is 0.151 e. The lowest BCUT2D eigenvalue weighted by atomic mass is 9.82. The van der Waals surface area contributed by atoms with Crippen LogP contribution in [0.3, 0.4) is 0 Å². The number of fused-ring (bicyclic) bond motifs is 3. The van der Waals surface area contributed by atoms with Crippen LogP contribution < -0.4 is 0 Å². The molecule has 3 aromatic rings. The Labute approximate surface area is 135 Å². The van der Waals surface area contributed by atoms with Crippen LogP contribution >= 0.6 is 0 Å². The number of carbonyl (C=O) groups excluding carboxylic acids is 1. The van der Waals surface area contributed by atoms with Gasteiger partial charge in [-0.3, -0.25) is 9.78 Å². The van der Waals surface area contributed by atoms with Gasteiger partial charge in [-0.1, -0.05) is 50.2 Å². The van der Waals surface area contributed by atoms with Crippen molar-refractivity contribution in [3.8, 4) is 22.4 Å². The van der Waals surface area contributed by atoms with Gasteiger partial charge in [-0.25, -0.2) is 0 Å². The molecule has 2 nitrogen and oxygen atoms in total. The fourth-order valence-corrected chi connectivity index (χ4v) is 3.51. The van der Waals surface area contributed by atoms with Gasteiger partial charge in [-0.15, -0.1) is 0 Å². The predicted octanol–water partition coefficient (Wildman–Crippen LogP) is 4.87. The molecule has 0 saturated carbocycles. The molecule has 1 aliphatic carbocycles. The highest BCUT2D eigenvalue weighted by molar-refractivity contribution is 5.83. The molecule has 0 N–H and O–H groups in total. The van der Waals surface area contributed by atoms with Crippen molar-refractivity contribution >= 4 is 6.29 Å². The van der Waals surface area contributed by atoms with E-state index in [1.807, 2.05) is 12.1 Å². The number of aldehydes is 1. The first-order valence-electron chi connectivity index (χ1n) is 7.77. The molecule has 0 fully saturated rings. The van der Waals surface area contributed by atoms with Crippen LogP contribution in [0.4, 0.5) is 0 Å². The van der Waals surface area contributed by atoms with E-state index in [9.17, 15) is 4.79 Å². The molecular formula is C21H17NO. The van der Waals surface area contributed by atoms with E-state index in [0.717, 1.165) is 17.5 Å². The third-order valence-electron chi connectivity index (χ3n) is 4.80. The first-order chi connectivity index (χ1) is 11.1. The van der Waals surface area contributed by atoms with Gasteiger partial charge >= 0.3 is 0 Å². The van der Waals surface area contributed by atoms with E-state index in [2.05, 4.69) is 61.3 Å². The van der Waals surface area contributed by atoms with E-state index >= 15 is 0 Å². The first-order valence-corrected chi connectivity index (χ1v) is 7.77. The van der Waals surface area contributed by atoms with Crippen molar-refractivity contribution in [1.82, 2.24) is 4.98 Å². The van der Waals surface area contributed by atoms with Crippen molar-refractivity contribution in [2.24, 2.45) is 0 Å². The maximum absolute atomic E-state index is 10.8. The van der Waals surface area contributed by atoms with Gasteiger partial charge < -0.3 is 0 Å². The third kappa shape index (κ3) is 2.02. The molecule has 0 spiro atoms. The van der Waals surface area contributed by atoms with Gasteiger partial charge in [-0.2, -0.15) is 0 Å². The zero-order chi connectivity index (χ0) is 16.0. The van der Waals surface area contributed by atoms with E-state index in [1.165, 1.54) is 22.3 Å². The van der Waals surface area contributed by atoms with Crippen LogP contribution in [0.15, 0.2) is 60.8 Å². The fraction of sp³-hybridized carbons (Fsp3) is 0.143. The van der Waals surface area contributed by atoms with Crippen molar-refractivity contribution in [2.75, 3.05) is 0 Å². The zero-order valence-corrected chi connectivity index (χ0v) is 13.2. The Balaban J connectivity index is 1.86. The lowest BCUT2D eigenvalue weighted by molar-refractivity contribution is 0.112. The summed E-state index contributed by atoms with van der Waals surface area (Å²) in [6, 6.07) is 18.9. The molecule has 0 atom stereocenters. The molecule has 0 amide bonds. The second kappa shape index (κ2) is 4.88. The van der Waals surface area contributed by atoms with Gasteiger partial charge in [0.05, 0.1) is 5.69 Å². The highest BCUT2D eigenvalue weighted by Crippen LogP contribution is 2.49. The summed E-state index contributed by atoms with van der Waals surface area (Å²) in [6.45, 7) is 4.54. The summed E-state index contributed by atoms with van der Waals surface area (Å²) in [5, 5.41) is 0. The standard InChI is InChI=1S/C21H17NO/c1-21(2)18-6-4-3-5-16(18)17-9-8-15(11-19(17)21)20-10-7-14(13-23)12-22-20/h3-13H,1-2H3. The summed E-state index contributed by atoms with van der Waals surface area (Å²) in [6.07, 6.45) is 2.44. The Kier molecular flexibility index (Phi) is 2.95. The normalized spacial score (nSPS) is 14.2. The Morgan fingerprint density at radius 2 is 1.70 bits per heavy atom. The maximum Gasteiger partial charge on any atom is 0.151 e. The monoisotopic (exact) mass is 299 g/mol. The number of aromatic nitrogens is 1. The van der Waals surface area contributed by atoms with E-state index in [1.54, 1.807) is 6.20 Å². The van der Waals surface area contributed by atoms with Crippen molar-refractivity contribution in [1.29, 1.82) is 0 Å². The SMILES string of the molecule is CC1(C)c2ccccc2-c2ccc(-c3ccc(C=O)cn3)cc21. The van der Waals surface area contributed by atoms with Crippen molar-refractivity contribution in [3.63, 3.8) is 0 Å². The minimum atomic E-state index is -0.00925. The Morgan fingerprint density at radius 3 is 2.43 bits per heavy atom. The second-order valence-electron chi connectivity index (χ2n) is 6.53. The van der Waals surface area contributed by atoms with E-state index in [4.69, 9.17) is 0 Å². The minimum Gasteiger partial charge on any atom is -0.298 e. The van der Waals surface area contributed by atoms with Crippen molar-refractivity contribution in [2.45, 2.75) is 19.3 Å². The van der Waals surface area contributed by atoms with E-state index < -0.39 is 0 Å². The molecule has 2 aromatic carbocycles. The van der Waals surface area contributed by atoms with Crippen LogP contribution in [-0.2, 0) is 5.41 Å². The Bertz CT molecular complexity index is 907. The minimum absolute atomic E-state index is 0.00925. The quantitative estimate of drug-likeness (QED) is 0.632. The summed E-state index contributed by atoms with van der Waals surface area (Å²) in [5.74, 6) is 0. The average molecular weight is 299 g/mol. The molecule has 0 unspecified atom stereocenters. The summed E-state index contributed by atoms with van der Waals surface area (Å²) in [7, 11) is 0. The molecule has 0 saturated heterocycles. The Morgan fingerprint density at radius 1 is 0.913 bits per heavy atom. The van der Waals surface area contributed by atoms with Gasteiger partial charge in [0.15, 0.2) is 6.29 Å². The Hall–Kier alpha value is -2.74. The summed E-state index contributed by atoms with van der Waals surface area (Å²) < 4.78 is 0. The van der Waals surface area contributed by atoms with Crippen LogP contribution in [0.25, 0.3) is 22.4 Å². The number of carbonyl (C=O) groups is 1. The number of hydrogen-bond donors (Lipinski definition) is 0. The topological polar surface area (TPSA) is 30.0 Å². The molecule has 112 valence electrons. The van der Waals surface area contributed by atoms with Gasteiger partial charge in [0.1, 0.15) is 0 Å². The van der Waals surface area contributed by atoms with Gasteiger partial charge in [-0.05, 0) is 40.5 Å². The van der Waals surface area contributed by atoms with Crippen LogP contribution in [0, 0.1) is 0 Å². The summed E-state index contributed by atoms with van der Waals surface area (Å²) in [5.41, 5.74) is 7.90. The molecule has 2 heteroatoms. The highest BCUT2D eigenvalue weighted by Gasteiger charge is 2.35. The highest BCUT2D eigenvalue weighted by atomic mass is 16.1. The summed E-state index contributed by atoms with van der Waals surface area (Å²) in [4.78, 5) is 15.2. The summed E-state index contributed by atoms with van der Waals surface area (Å²) >= 11 is 0. The molecule has 0 bridgehead atoms. The molecule has 0 aliphatic heterocycles. The molecule has 4 rings (SSSR count). The molecular weight excluding hydrogens is 282 g/mol. The third-order valence-corrected chi connectivity index (χ3v) is 4.80. The van der Waals surface area contributed by atoms with E-state index in [0.29, 0.717) is 5.56 Å². The van der Waals surface area contributed by atoms with Gasteiger partial charge in [0.2, 0.25) is 0 Å². The van der Waals surface area contributed by atoms with E-state index in [-0.39, 0.29) is 5.41 Å². The number of nitrogens with zero attached hydrogens (tertiary/aromatic N) is 1. The zero-order valence-electron chi connectivity index (χ0n) is 13.2. The van der Waals surface area contributed by atoms with Crippen LogP contribution in [0.1, 0.15) is 35.3 Å². The van der Waals surface area contributed by atoms with Gasteiger partial charge in [0.25, 0.3) is 0 Å². The van der Waals surface area contributed by atoms with Crippen molar-refractivity contribution < 1.29 is 4.79 Å². The van der Waals surface area contributed by atoms with Crippen LogP contribution in [0.5, 0.6) is 0 Å². The number of pyridine rings is 1. The molecule has 23 heavy (non-hydrogen) atoms. The molecule has 1 aliphatic rings. The maximum atomic E-state index is 10.8.